The highest BCUT2D eigenvalue weighted by atomic mass is 19.4. The molecule has 2 aliphatic rings. The molecule has 1 spiro atoms. The van der Waals surface area contributed by atoms with Gasteiger partial charge in [0.05, 0.1) is 6.54 Å². The van der Waals surface area contributed by atoms with Crippen LogP contribution in [0.2, 0.25) is 0 Å². The number of hydrogen-bond donors (Lipinski definition) is 1. The largest absolute Gasteiger partial charge is 0.573 e. The van der Waals surface area contributed by atoms with Crippen molar-refractivity contribution < 1.29 is 27.5 Å². The third kappa shape index (κ3) is 3.42. The summed E-state index contributed by atoms with van der Waals surface area (Å²) in [4.78, 5) is 26.6. The Kier molecular flexibility index (Phi) is 4.28. The number of benzene rings is 2. The Morgan fingerprint density at radius 1 is 1.04 bits per heavy atom. The predicted molar refractivity (Wildman–Crippen MR) is 93.4 cm³/mol. The maximum atomic E-state index is 13.0. The van der Waals surface area contributed by atoms with Crippen LogP contribution in [0.4, 0.5) is 18.0 Å². The molecule has 0 saturated carbocycles. The molecule has 1 heterocycles. The van der Waals surface area contributed by atoms with Crippen LogP contribution in [0.15, 0.2) is 48.5 Å². The number of aryl methyl sites for hydroxylation is 1. The molecule has 1 fully saturated rings. The number of nitrogens with one attached hydrogen (secondary N) is 1. The lowest BCUT2D eigenvalue weighted by molar-refractivity contribution is -0.274. The average molecular weight is 390 g/mol. The standard InChI is InChI=1S/C20H17F3N2O3/c21-20(22,23)28-16-7-5-13(6-8-16)12-25-17(26)19(24-18(25)27)10-9-14-3-1-2-4-15(14)11-19/h1-8H,9-12H2,(H,24,27). The molecule has 0 radical (unpaired) electrons. The highest BCUT2D eigenvalue weighted by Crippen LogP contribution is 2.34. The third-order valence-corrected chi connectivity index (χ3v) is 5.18. The number of hydrogen-bond acceptors (Lipinski definition) is 3. The molecule has 2 aromatic carbocycles. The van der Waals surface area contributed by atoms with Gasteiger partial charge in [-0.25, -0.2) is 4.79 Å². The minimum absolute atomic E-state index is 0.0135. The summed E-state index contributed by atoms with van der Waals surface area (Å²) in [5.74, 6) is -0.656. The molecule has 5 nitrogen and oxygen atoms in total. The number of urea groups is 1. The number of alkyl halides is 3. The zero-order chi connectivity index (χ0) is 19.9. The first kappa shape index (κ1) is 18.3. The summed E-state index contributed by atoms with van der Waals surface area (Å²) in [6.45, 7) is -0.0135. The van der Waals surface area contributed by atoms with Gasteiger partial charge in [-0.1, -0.05) is 36.4 Å². The number of carbonyl (C=O) groups excluding carboxylic acids is 2. The van der Waals surface area contributed by atoms with E-state index >= 15 is 0 Å². The fraction of sp³-hybridized carbons (Fsp3) is 0.300. The van der Waals surface area contributed by atoms with E-state index in [9.17, 15) is 22.8 Å². The molecule has 1 aliphatic heterocycles. The van der Waals surface area contributed by atoms with Gasteiger partial charge in [0.25, 0.3) is 5.91 Å². The van der Waals surface area contributed by atoms with Gasteiger partial charge in [-0.05, 0) is 41.7 Å². The first-order valence-electron chi connectivity index (χ1n) is 8.81. The molecule has 1 saturated heterocycles. The summed E-state index contributed by atoms with van der Waals surface area (Å²) in [7, 11) is 0. The van der Waals surface area contributed by atoms with Crippen molar-refractivity contribution in [2.24, 2.45) is 0 Å². The number of nitrogens with zero attached hydrogens (tertiary/aromatic N) is 1. The lowest BCUT2D eigenvalue weighted by Crippen LogP contribution is -2.51. The van der Waals surface area contributed by atoms with Crippen LogP contribution in [0.1, 0.15) is 23.1 Å². The molecule has 4 rings (SSSR count). The Bertz CT molecular complexity index is 927. The number of fused-ring (bicyclic) bond motifs is 1. The van der Waals surface area contributed by atoms with Crippen molar-refractivity contribution >= 4 is 11.9 Å². The highest BCUT2D eigenvalue weighted by Gasteiger charge is 2.52. The van der Waals surface area contributed by atoms with Crippen molar-refractivity contribution in [2.45, 2.75) is 37.7 Å². The summed E-state index contributed by atoms with van der Waals surface area (Å²) >= 11 is 0. The number of rotatable bonds is 3. The number of ether oxygens (including phenoxy) is 1. The highest BCUT2D eigenvalue weighted by molar-refractivity contribution is 6.07. The molecule has 1 atom stereocenters. The predicted octanol–water partition coefficient (Wildman–Crippen LogP) is 3.56. The van der Waals surface area contributed by atoms with Gasteiger partial charge in [0, 0.05) is 6.42 Å². The van der Waals surface area contributed by atoms with Crippen LogP contribution < -0.4 is 10.1 Å². The summed E-state index contributed by atoms with van der Waals surface area (Å²) in [5, 5.41) is 2.84. The van der Waals surface area contributed by atoms with Crippen molar-refractivity contribution in [1.29, 1.82) is 0 Å². The van der Waals surface area contributed by atoms with E-state index < -0.39 is 17.9 Å². The van der Waals surface area contributed by atoms with Gasteiger partial charge in [-0.2, -0.15) is 0 Å². The summed E-state index contributed by atoms with van der Waals surface area (Å²) in [6.07, 6.45) is -3.12. The van der Waals surface area contributed by atoms with E-state index in [1.165, 1.54) is 17.7 Å². The van der Waals surface area contributed by atoms with E-state index in [1.807, 2.05) is 24.3 Å². The molecule has 0 bridgehead atoms. The van der Waals surface area contributed by atoms with E-state index in [4.69, 9.17) is 0 Å². The molecule has 8 heteroatoms. The number of carbonyl (C=O) groups is 2. The first-order chi connectivity index (χ1) is 13.3. The summed E-state index contributed by atoms with van der Waals surface area (Å²) in [6, 6.07) is 12.5. The molecule has 1 unspecified atom stereocenters. The summed E-state index contributed by atoms with van der Waals surface area (Å²) in [5.41, 5.74) is 1.79. The van der Waals surface area contributed by atoms with Crippen LogP contribution in [0.5, 0.6) is 5.75 Å². The fourth-order valence-electron chi connectivity index (χ4n) is 3.82. The topological polar surface area (TPSA) is 58.6 Å². The van der Waals surface area contributed by atoms with Gasteiger partial charge < -0.3 is 10.1 Å². The second-order valence-electron chi connectivity index (χ2n) is 7.04. The molecule has 1 aliphatic carbocycles. The monoisotopic (exact) mass is 390 g/mol. The van der Waals surface area contributed by atoms with Crippen molar-refractivity contribution in [3.05, 3.63) is 65.2 Å². The Morgan fingerprint density at radius 2 is 1.71 bits per heavy atom. The SMILES string of the molecule is O=C1NC2(CCc3ccccc3C2)C(=O)N1Cc1ccc(OC(F)(F)F)cc1. The maximum Gasteiger partial charge on any atom is 0.573 e. The van der Waals surface area contributed by atoms with E-state index in [-0.39, 0.29) is 18.2 Å². The maximum absolute atomic E-state index is 13.0. The first-order valence-corrected chi connectivity index (χ1v) is 8.81. The van der Waals surface area contributed by atoms with Crippen LogP contribution in [0.3, 0.4) is 0 Å². The van der Waals surface area contributed by atoms with E-state index in [2.05, 4.69) is 10.1 Å². The Balaban J connectivity index is 1.49. The van der Waals surface area contributed by atoms with Crippen LogP contribution in [-0.2, 0) is 24.2 Å². The van der Waals surface area contributed by atoms with Crippen molar-refractivity contribution in [2.75, 3.05) is 0 Å². The summed E-state index contributed by atoms with van der Waals surface area (Å²) < 4.78 is 40.6. The van der Waals surface area contributed by atoms with Gasteiger partial charge in [0.2, 0.25) is 0 Å². The fourth-order valence-corrected chi connectivity index (χ4v) is 3.82. The van der Waals surface area contributed by atoms with Gasteiger partial charge in [0.15, 0.2) is 0 Å². The molecular formula is C20H17F3N2O3. The second-order valence-corrected chi connectivity index (χ2v) is 7.04. The van der Waals surface area contributed by atoms with Crippen molar-refractivity contribution in [3.8, 4) is 5.75 Å². The van der Waals surface area contributed by atoms with Gasteiger partial charge >= 0.3 is 12.4 Å². The van der Waals surface area contributed by atoms with Crippen LogP contribution in [0, 0.1) is 0 Å². The molecule has 0 aromatic heterocycles. The Labute approximate surface area is 159 Å². The molecule has 146 valence electrons. The lowest BCUT2D eigenvalue weighted by Gasteiger charge is -2.32. The number of halogens is 3. The van der Waals surface area contributed by atoms with Crippen molar-refractivity contribution in [1.82, 2.24) is 10.2 Å². The lowest BCUT2D eigenvalue weighted by atomic mass is 9.78. The quantitative estimate of drug-likeness (QED) is 0.816. The zero-order valence-corrected chi connectivity index (χ0v) is 14.8. The van der Waals surface area contributed by atoms with Crippen LogP contribution in [0.25, 0.3) is 0 Å². The number of imide groups is 1. The van der Waals surface area contributed by atoms with Crippen LogP contribution >= 0.6 is 0 Å². The van der Waals surface area contributed by atoms with E-state index in [1.54, 1.807) is 0 Å². The van der Waals surface area contributed by atoms with Gasteiger partial charge in [0.1, 0.15) is 11.3 Å². The molecule has 3 amide bonds. The number of amides is 3. The average Bonchev–Trinajstić information content (AvgIpc) is 2.86. The van der Waals surface area contributed by atoms with Crippen LogP contribution in [-0.4, -0.2) is 28.7 Å². The normalized spacial score (nSPS) is 21.6. The molecule has 2 aromatic rings. The van der Waals surface area contributed by atoms with E-state index in [0.717, 1.165) is 22.6 Å². The molecule has 28 heavy (non-hydrogen) atoms. The Hall–Kier alpha value is -3.03. The minimum atomic E-state index is -4.77. The minimum Gasteiger partial charge on any atom is -0.406 e. The molecular weight excluding hydrogens is 373 g/mol. The second kappa shape index (κ2) is 6.54. The van der Waals surface area contributed by atoms with E-state index in [0.29, 0.717) is 24.8 Å². The third-order valence-electron chi connectivity index (χ3n) is 5.18. The van der Waals surface area contributed by atoms with Crippen molar-refractivity contribution in [3.63, 3.8) is 0 Å². The van der Waals surface area contributed by atoms with Gasteiger partial charge in [-0.3, -0.25) is 9.69 Å². The van der Waals surface area contributed by atoms with Gasteiger partial charge in [-0.15, -0.1) is 13.2 Å². The Morgan fingerprint density at radius 3 is 2.39 bits per heavy atom. The smallest absolute Gasteiger partial charge is 0.406 e. The zero-order valence-electron chi connectivity index (χ0n) is 14.8. The molecule has 1 N–H and O–H groups in total.